The summed E-state index contributed by atoms with van der Waals surface area (Å²) in [7, 11) is 2.78. The molecule has 0 heterocycles. The third-order valence-corrected chi connectivity index (χ3v) is 2.25. The van der Waals surface area contributed by atoms with Crippen LogP contribution in [0.4, 0.5) is 0 Å². The third-order valence-electron chi connectivity index (χ3n) is 1.45. The molecule has 0 aromatic rings. The second kappa shape index (κ2) is 8.93. The lowest BCUT2D eigenvalue weighted by molar-refractivity contribution is -0.0597. The predicted molar refractivity (Wildman–Crippen MR) is 51.7 cm³/mol. The molecule has 0 aliphatic rings. The van der Waals surface area contributed by atoms with E-state index < -0.39 is 9.76 Å². The summed E-state index contributed by atoms with van der Waals surface area (Å²) < 4.78 is 15.5. The quantitative estimate of drug-likeness (QED) is 0.319. The van der Waals surface area contributed by atoms with E-state index >= 15 is 0 Å². The normalized spacial score (nSPS) is 13.8. The average molecular weight is 190 g/mol. The minimum absolute atomic E-state index is 0.0650. The summed E-state index contributed by atoms with van der Waals surface area (Å²) in [5.41, 5.74) is 1.85. The van der Waals surface area contributed by atoms with Crippen LogP contribution in [-0.4, -0.2) is 36.9 Å². The highest BCUT2D eigenvalue weighted by Gasteiger charge is 2.04. The molecular weight excluding hydrogens is 172 g/mol. The fourth-order valence-corrected chi connectivity index (χ4v) is 1.49. The number of hydrogen-bond donors (Lipinski definition) is 0. The topological polar surface area (TPSA) is 27.7 Å². The van der Waals surface area contributed by atoms with Crippen LogP contribution in [0.25, 0.3) is 0 Å². The number of ether oxygens (including phenoxy) is 2. The van der Waals surface area contributed by atoms with Crippen molar-refractivity contribution >= 4 is 9.76 Å². The molecule has 0 aromatic heterocycles. The lowest BCUT2D eigenvalue weighted by Gasteiger charge is -2.14. The highest BCUT2D eigenvalue weighted by Crippen LogP contribution is 2.02. The van der Waals surface area contributed by atoms with Crippen molar-refractivity contribution in [2.24, 2.45) is 0 Å². The van der Waals surface area contributed by atoms with Gasteiger partial charge in [-0.15, -0.1) is 6.58 Å². The Bertz CT molecular complexity index is 108. The van der Waals surface area contributed by atoms with Gasteiger partial charge in [0.1, 0.15) is 6.29 Å². The zero-order valence-electron chi connectivity index (χ0n) is 7.91. The Balaban J connectivity index is 3.32. The second-order valence-electron chi connectivity index (χ2n) is 2.42. The van der Waals surface area contributed by atoms with E-state index in [1.807, 2.05) is 5.70 Å². The van der Waals surface area contributed by atoms with E-state index in [0.29, 0.717) is 0 Å². The average Bonchev–Trinajstić information content (AvgIpc) is 2.11. The first-order valence-corrected chi connectivity index (χ1v) is 5.48. The molecule has 0 bridgehead atoms. The molecule has 0 amide bonds. The van der Waals surface area contributed by atoms with Gasteiger partial charge < -0.3 is 13.9 Å². The standard InChI is InChI=1S/C8H18O3Si/c1-4-12-11-8(10-3)6-5-7-9-2/h4,8H,1,5-7,12H2,2-3H3. The molecule has 0 fully saturated rings. The summed E-state index contributed by atoms with van der Waals surface area (Å²) in [6.45, 7) is 4.38. The minimum atomic E-state index is -0.573. The van der Waals surface area contributed by atoms with Crippen molar-refractivity contribution in [2.45, 2.75) is 19.1 Å². The van der Waals surface area contributed by atoms with Gasteiger partial charge in [0, 0.05) is 20.8 Å². The van der Waals surface area contributed by atoms with Gasteiger partial charge in [-0.2, -0.15) is 0 Å². The number of methoxy groups -OCH3 is 2. The van der Waals surface area contributed by atoms with Gasteiger partial charge in [-0.05, 0) is 12.8 Å². The molecule has 0 saturated heterocycles. The van der Waals surface area contributed by atoms with E-state index in [9.17, 15) is 0 Å². The predicted octanol–water partition coefficient (Wildman–Crippen LogP) is 0.629. The molecule has 0 aromatic carbocycles. The Morgan fingerprint density at radius 1 is 1.50 bits per heavy atom. The number of rotatable bonds is 8. The van der Waals surface area contributed by atoms with Crippen LogP contribution in [0.15, 0.2) is 12.3 Å². The maximum Gasteiger partial charge on any atom is 0.188 e. The largest absolute Gasteiger partial charge is 0.395 e. The highest BCUT2D eigenvalue weighted by molar-refractivity contribution is 6.34. The maximum absolute atomic E-state index is 5.43. The van der Waals surface area contributed by atoms with Gasteiger partial charge in [-0.3, -0.25) is 0 Å². The van der Waals surface area contributed by atoms with E-state index in [0.717, 1.165) is 19.4 Å². The summed E-state index contributed by atoms with van der Waals surface area (Å²) in [6, 6.07) is 0. The van der Waals surface area contributed by atoms with Crippen LogP contribution >= 0.6 is 0 Å². The molecule has 0 spiro atoms. The minimum Gasteiger partial charge on any atom is -0.395 e. The lowest BCUT2D eigenvalue weighted by Crippen LogP contribution is -2.17. The van der Waals surface area contributed by atoms with Crippen LogP contribution in [0, 0.1) is 0 Å². The molecule has 4 heteroatoms. The molecule has 0 radical (unpaired) electrons. The summed E-state index contributed by atoms with van der Waals surface area (Å²) >= 11 is 0. The van der Waals surface area contributed by atoms with Gasteiger partial charge in [0.2, 0.25) is 0 Å². The fraction of sp³-hybridized carbons (Fsp3) is 0.750. The molecule has 1 atom stereocenters. The van der Waals surface area contributed by atoms with Crippen molar-refractivity contribution in [3.63, 3.8) is 0 Å². The Morgan fingerprint density at radius 2 is 2.25 bits per heavy atom. The first kappa shape index (κ1) is 11.8. The van der Waals surface area contributed by atoms with Crippen LogP contribution in [0.1, 0.15) is 12.8 Å². The fourth-order valence-electron chi connectivity index (χ4n) is 0.839. The molecule has 0 N–H and O–H groups in total. The van der Waals surface area contributed by atoms with Crippen molar-refractivity contribution in [3.05, 3.63) is 12.3 Å². The summed E-state index contributed by atoms with van der Waals surface area (Å²) in [4.78, 5) is 0. The molecule has 12 heavy (non-hydrogen) atoms. The first-order valence-electron chi connectivity index (χ1n) is 4.09. The Kier molecular flexibility index (Phi) is 8.81. The van der Waals surface area contributed by atoms with Crippen molar-refractivity contribution in [1.82, 2.24) is 0 Å². The SMILES string of the molecule is C=C[SiH2]OC(CCCOC)OC. The zero-order chi connectivity index (χ0) is 9.23. The van der Waals surface area contributed by atoms with Gasteiger partial charge in [0.25, 0.3) is 0 Å². The molecule has 0 aliphatic heterocycles. The zero-order valence-corrected chi connectivity index (χ0v) is 9.33. The number of hydrogen-bond acceptors (Lipinski definition) is 3. The summed E-state index contributed by atoms with van der Waals surface area (Å²) in [5.74, 6) is 0. The van der Waals surface area contributed by atoms with Gasteiger partial charge in [0.15, 0.2) is 9.76 Å². The molecule has 1 unspecified atom stereocenters. The maximum atomic E-state index is 5.43. The van der Waals surface area contributed by atoms with Crippen molar-refractivity contribution in [3.8, 4) is 0 Å². The Morgan fingerprint density at radius 3 is 2.75 bits per heavy atom. The second-order valence-corrected chi connectivity index (χ2v) is 3.67. The van der Waals surface area contributed by atoms with E-state index in [1.165, 1.54) is 0 Å². The monoisotopic (exact) mass is 190 g/mol. The van der Waals surface area contributed by atoms with Crippen LogP contribution in [0.2, 0.25) is 0 Å². The van der Waals surface area contributed by atoms with Gasteiger partial charge >= 0.3 is 0 Å². The van der Waals surface area contributed by atoms with E-state index in [4.69, 9.17) is 13.9 Å². The van der Waals surface area contributed by atoms with Crippen molar-refractivity contribution in [2.75, 3.05) is 20.8 Å². The molecule has 0 rings (SSSR count). The smallest absolute Gasteiger partial charge is 0.188 e. The third kappa shape index (κ3) is 6.54. The molecular formula is C8H18O3Si. The van der Waals surface area contributed by atoms with E-state index in [2.05, 4.69) is 6.58 Å². The summed E-state index contributed by atoms with van der Waals surface area (Å²) in [6.07, 6.45) is 1.80. The van der Waals surface area contributed by atoms with Gasteiger partial charge in [-0.1, -0.05) is 5.70 Å². The molecule has 0 aliphatic carbocycles. The Hall–Kier alpha value is -0.163. The van der Waals surface area contributed by atoms with E-state index in [-0.39, 0.29) is 6.29 Å². The molecule has 3 nitrogen and oxygen atoms in total. The van der Waals surface area contributed by atoms with Crippen LogP contribution < -0.4 is 0 Å². The molecule has 72 valence electrons. The lowest BCUT2D eigenvalue weighted by atomic mass is 10.3. The van der Waals surface area contributed by atoms with Gasteiger partial charge in [0.05, 0.1) is 0 Å². The van der Waals surface area contributed by atoms with Crippen LogP contribution in [0.5, 0.6) is 0 Å². The van der Waals surface area contributed by atoms with Crippen LogP contribution in [-0.2, 0) is 13.9 Å². The van der Waals surface area contributed by atoms with Crippen LogP contribution in [0.3, 0.4) is 0 Å². The summed E-state index contributed by atoms with van der Waals surface area (Å²) in [5, 5.41) is 0. The van der Waals surface area contributed by atoms with E-state index in [1.54, 1.807) is 14.2 Å². The highest BCUT2D eigenvalue weighted by atomic mass is 28.2. The van der Waals surface area contributed by atoms with Gasteiger partial charge in [-0.25, -0.2) is 0 Å². The first-order chi connectivity index (χ1) is 5.85. The Labute approximate surface area is 76.6 Å². The van der Waals surface area contributed by atoms with Crippen molar-refractivity contribution in [1.29, 1.82) is 0 Å². The van der Waals surface area contributed by atoms with Crippen molar-refractivity contribution < 1.29 is 13.9 Å². The molecule has 0 saturated carbocycles.